The number of nitrogens with zero attached hydrogens (tertiary/aromatic N) is 4. The van der Waals surface area contributed by atoms with Crippen LogP contribution in [0, 0.1) is 0 Å². The second kappa shape index (κ2) is 12.8. The van der Waals surface area contributed by atoms with Crippen LogP contribution < -0.4 is 16.4 Å². The molecule has 0 bridgehead atoms. The van der Waals surface area contributed by atoms with E-state index in [0.29, 0.717) is 0 Å². The first-order chi connectivity index (χ1) is 29.0. The van der Waals surface area contributed by atoms with Gasteiger partial charge in [0.25, 0.3) is 6.71 Å². The molecule has 322 valence electrons. The minimum absolute atomic E-state index is 0.00399. The van der Waals surface area contributed by atoms with Gasteiger partial charge in [-0.2, -0.15) is 0 Å². The first kappa shape index (κ1) is 41.8. The van der Waals surface area contributed by atoms with E-state index in [1.807, 2.05) is 18.5 Å². The number of aromatic nitrogens is 4. The predicted molar refractivity (Wildman–Crippen MR) is 273 cm³/mol. The molecule has 0 radical (unpaired) electrons. The monoisotopic (exact) mass is 831 g/mol. The Kier molecular flexibility index (Phi) is 8.48. The Hall–Kier alpha value is -5.16. The fourth-order valence-electron chi connectivity index (χ4n) is 10.8. The third kappa shape index (κ3) is 6.14. The van der Waals surface area contributed by atoms with Gasteiger partial charge in [-0.05, 0) is 125 Å². The summed E-state index contributed by atoms with van der Waals surface area (Å²) < 4.78 is 5.34. The van der Waals surface area contributed by atoms with Crippen molar-refractivity contribution in [2.75, 3.05) is 0 Å². The first-order valence-corrected chi connectivity index (χ1v) is 23.4. The Bertz CT molecular complexity index is 3060. The maximum Gasteiger partial charge on any atom is 0.252 e. The van der Waals surface area contributed by atoms with E-state index in [1.54, 1.807) is 0 Å². The molecular formula is C58H67BN4. The summed E-state index contributed by atoms with van der Waals surface area (Å²) in [5, 5.41) is 5.45. The Morgan fingerprint density at radius 3 is 1.13 bits per heavy atom. The molecule has 5 heterocycles. The summed E-state index contributed by atoms with van der Waals surface area (Å²) in [4.78, 5) is 9.86. The van der Waals surface area contributed by atoms with Gasteiger partial charge in [-0.25, -0.2) is 9.97 Å². The highest BCUT2D eigenvalue weighted by atomic mass is 15.0. The zero-order chi connectivity index (χ0) is 45.5. The van der Waals surface area contributed by atoms with Crippen molar-refractivity contribution in [2.24, 2.45) is 0 Å². The first-order valence-electron chi connectivity index (χ1n) is 23.4. The highest BCUT2D eigenvalue weighted by Crippen LogP contribution is 2.48. The quantitative estimate of drug-likeness (QED) is 0.155. The summed E-state index contributed by atoms with van der Waals surface area (Å²) in [5.74, 6) is 0.743. The van der Waals surface area contributed by atoms with Crippen LogP contribution in [0.5, 0.6) is 0 Å². The standard InChI is InChI=1S/C58H67BN4/c1-53(2,3)33-24-37-47-39(57(13,14)15)26-35(55(7,8)9)30-43(47)62-45-22-32(52-60-20-19-21-61-52)23-46-49(45)59(41(28-33)50(37)62)42-29-34(54(4,5)6)25-38-48-40(58(16,17)18)27-36(56(10,11)12)31-44(48)63(46)51(38)42/h19-31H,1-18H3. The molecule has 5 heteroatoms. The van der Waals surface area contributed by atoms with Gasteiger partial charge >= 0.3 is 0 Å². The largest absolute Gasteiger partial charge is 0.310 e. The minimum atomic E-state index is -0.0916. The Morgan fingerprint density at radius 2 is 0.778 bits per heavy atom. The molecule has 4 nitrogen and oxygen atoms in total. The fourth-order valence-corrected chi connectivity index (χ4v) is 10.8. The lowest BCUT2D eigenvalue weighted by molar-refractivity contribution is 0.572. The highest BCUT2D eigenvalue weighted by molar-refractivity contribution is 7.00. The van der Waals surface area contributed by atoms with Crippen molar-refractivity contribution in [3.8, 4) is 22.8 Å². The number of hydrogen-bond donors (Lipinski definition) is 0. The van der Waals surface area contributed by atoms with Crippen LogP contribution in [0.15, 0.2) is 79.1 Å². The van der Waals surface area contributed by atoms with Crippen LogP contribution >= 0.6 is 0 Å². The van der Waals surface area contributed by atoms with E-state index < -0.39 is 0 Å². The molecule has 2 aliphatic rings. The van der Waals surface area contributed by atoms with E-state index in [0.717, 1.165) is 11.4 Å². The Balaban J connectivity index is 1.52. The normalized spacial score (nSPS) is 14.5. The molecule has 0 saturated carbocycles. The lowest BCUT2D eigenvalue weighted by Crippen LogP contribution is -2.59. The van der Waals surface area contributed by atoms with E-state index in [2.05, 4.69) is 194 Å². The van der Waals surface area contributed by atoms with Gasteiger partial charge in [0.1, 0.15) is 0 Å². The number of rotatable bonds is 1. The van der Waals surface area contributed by atoms with Crippen LogP contribution in [0.4, 0.5) is 0 Å². The second-order valence-corrected chi connectivity index (χ2v) is 25.4. The number of hydrogen-bond acceptors (Lipinski definition) is 2. The number of benzene rings is 5. The lowest BCUT2D eigenvalue weighted by atomic mass is 9.34. The van der Waals surface area contributed by atoms with Crippen LogP contribution in [0.3, 0.4) is 0 Å². The maximum atomic E-state index is 4.93. The van der Waals surface area contributed by atoms with Crippen LogP contribution in [0.1, 0.15) is 158 Å². The third-order valence-electron chi connectivity index (χ3n) is 14.4. The lowest BCUT2D eigenvalue weighted by Gasteiger charge is -2.36. The fraction of sp³-hybridized carbons (Fsp3) is 0.414. The summed E-state index contributed by atoms with van der Waals surface area (Å²) in [6.45, 7) is 42.8. The summed E-state index contributed by atoms with van der Waals surface area (Å²) in [7, 11) is 0. The molecule has 0 saturated heterocycles. The van der Waals surface area contributed by atoms with Crippen molar-refractivity contribution in [1.29, 1.82) is 0 Å². The molecule has 0 aliphatic carbocycles. The zero-order valence-electron chi connectivity index (χ0n) is 41.4. The van der Waals surface area contributed by atoms with E-state index in [-0.39, 0.29) is 39.2 Å². The summed E-state index contributed by atoms with van der Waals surface area (Å²) in [6, 6.07) is 27.1. The molecule has 2 aliphatic heterocycles. The van der Waals surface area contributed by atoms with Gasteiger partial charge in [-0.3, -0.25) is 0 Å². The van der Waals surface area contributed by atoms with Crippen molar-refractivity contribution < 1.29 is 0 Å². The van der Waals surface area contributed by atoms with Gasteiger partial charge in [0, 0.05) is 61.9 Å². The Labute approximate surface area is 376 Å². The topological polar surface area (TPSA) is 35.6 Å². The van der Waals surface area contributed by atoms with Gasteiger partial charge in [0.05, 0.1) is 11.0 Å². The van der Waals surface area contributed by atoms with Gasteiger partial charge in [0.2, 0.25) is 0 Å². The van der Waals surface area contributed by atoms with E-state index >= 15 is 0 Å². The van der Waals surface area contributed by atoms with Gasteiger partial charge in [-0.15, -0.1) is 0 Å². The third-order valence-corrected chi connectivity index (χ3v) is 14.4. The molecule has 8 aromatic rings. The predicted octanol–water partition coefficient (Wildman–Crippen LogP) is 13.3. The van der Waals surface area contributed by atoms with Crippen LogP contribution in [-0.2, 0) is 32.5 Å². The smallest absolute Gasteiger partial charge is 0.252 e. The van der Waals surface area contributed by atoms with Gasteiger partial charge < -0.3 is 9.13 Å². The van der Waals surface area contributed by atoms with Crippen LogP contribution in [0.2, 0.25) is 0 Å². The minimum Gasteiger partial charge on any atom is -0.310 e. The Morgan fingerprint density at radius 1 is 0.413 bits per heavy atom. The SMILES string of the molecule is CC(C)(C)c1cc2c3c(c1)c1c(C(C)(C)C)cc(C(C)(C)C)cc1n3-c1cc(-c3ncccn3)cc3c1B2c1cc(C(C)(C)C)cc2c4c(C(C)(C)C)cc(C(C)(C)C)cc4n-3c12. The molecule has 0 atom stereocenters. The highest BCUT2D eigenvalue weighted by Gasteiger charge is 2.44. The van der Waals surface area contributed by atoms with Crippen LogP contribution in [0.25, 0.3) is 66.4 Å². The second-order valence-electron chi connectivity index (χ2n) is 25.4. The van der Waals surface area contributed by atoms with Gasteiger partial charge in [-0.1, -0.05) is 149 Å². The molecule has 0 unspecified atom stereocenters. The number of fused-ring (bicyclic) bond motifs is 10. The van der Waals surface area contributed by atoms with Crippen molar-refractivity contribution in [2.45, 2.75) is 157 Å². The molecule has 0 N–H and O–H groups in total. The van der Waals surface area contributed by atoms with Crippen molar-refractivity contribution in [1.82, 2.24) is 19.1 Å². The molecule has 0 fully saturated rings. The van der Waals surface area contributed by atoms with Gasteiger partial charge in [0.15, 0.2) is 5.82 Å². The van der Waals surface area contributed by atoms with E-state index in [9.17, 15) is 0 Å². The molecule has 63 heavy (non-hydrogen) atoms. The van der Waals surface area contributed by atoms with E-state index in [4.69, 9.17) is 9.97 Å². The molecule has 0 spiro atoms. The molecular weight excluding hydrogens is 763 g/mol. The van der Waals surface area contributed by atoms with Crippen molar-refractivity contribution in [3.63, 3.8) is 0 Å². The molecule has 5 aromatic carbocycles. The summed E-state index contributed by atoms with van der Waals surface area (Å²) in [5.41, 5.74) is 20.7. The molecule has 3 aromatic heterocycles. The van der Waals surface area contributed by atoms with Crippen LogP contribution in [-0.4, -0.2) is 25.8 Å². The molecule has 10 rings (SSSR count). The van der Waals surface area contributed by atoms with E-state index in [1.165, 1.54) is 105 Å². The average molecular weight is 831 g/mol. The average Bonchev–Trinajstić information content (AvgIpc) is 3.69. The van der Waals surface area contributed by atoms with Crippen molar-refractivity contribution >= 4 is 66.7 Å². The molecule has 0 amide bonds. The summed E-state index contributed by atoms with van der Waals surface area (Å²) in [6.07, 6.45) is 3.76. The zero-order valence-corrected chi connectivity index (χ0v) is 41.4. The van der Waals surface area contributed by atoms with Crippen molar-refractivity contribution in [3.05, 3.63) is 113 Å². The summed E-state index contributed by atoms with van der Waals surface area (Å²) >= 11 is 0. The maximum absolute atomic E-state index is 4.93.